The van der Waals surface area contributed by atoms with Crippen molar-refractivity contribution in [1.29, 1.82) is 0 Å². The fraction of sp³-hybridized carbons (Fsp3) is 0.333. The Morgan fingerprint density at radius 1 is 1.40 bits per heavy atom. The van der Waals surface area contributed by atoms with Crippen LogP contribution in [-0.4, -0.2) is 17.1 Å². The van der Waals surface area contributed by atoms with Crippen LogP contribution in [0, 0.1) is 0 Å². The molecule has 2 nitrogen and oxygen atoms in total. The summed E-state index contributed by atoms with van der Waals surface area (Å²) in [5.41, 5.74) is 2.73. The molecule has 0 aliphatic carbocycles. The van der Waals surface area contributed by atoms with Crippen LogP contribution in [0.25, 0.3) is 10.9 Å². The average molecular weight is 219 g/mol. The number of aromatic nitrogens is 1. The number of rotatable bonds is 0. The number of hydrogen-bond acceptors (Lipinski definition) is 1. The van der Waals surface area contributed by atoms with Gasteiger partial charge < -0.3 is 8.86 Å². The number of hydrogen-bond donors (Lipinski definition) is 0. The highest BCUT2D eigenvalue weighted by Crippen LogP contribution is 2.45. The van der Waals surface area contributed by atoms with Gasteiger partial charge in [0.25, 0.3) is 0 Å². The third-order valence-electron chi connectivity index (χ3n) is 2.87. The van der Waals surface area contributed by atoms with Crippen LogP contribution in [-0.2, 0) is 10.9 Å². The van der Waals surface area contributed by atoms with E-state index in [0.717, 1.165) is 6.42 Å². The monoisotopic (exact) mass is 219 g/mol. The van der Waals surface area contributed by atoms with Crippen LogP contribution >= 0.6 is 8.30 Å². The fourth-order valence-electron chi connectivity index (χ4n) is 2.32. The first-order valence-corrected chi connectivity index (χ1v) is 6.92. The van der Waals surface area contributed by atoms with Gasteiger partial charge in [-0.25, -0.2) is 0 Å². The second-order valence-electron chi connectivity index (χ2n) is 4.09. The van der Waals surface area contributed by atoms with E-state index in [4.69, 9.17) is 4.52 Å². The summed E-state index contributed by atoms with van der Waals surface area (Å²) in [4.78, 5) is 0. The molecule has 1 aliphatic heterocycles. The van der Waals surface area contributed by atoms with Crippen molar-refractivity contribution in [3.05, 3.63) is 36.0 Å². The predicted octanol–water partition coefficient (Wildman–Crippen LogP) is 3.39. The minimum atomic E-state index is -0.493. The molecular formula is C12H14NOP. The molecule has 0 radical (unpaired) electrons. The molecule has 2 aromatic rings. The SMILES string of the molecule is CC1Cc2cc3ccccc3n2P(C)O1. The molecule has 1 aliphatic rings. The summed E-state index contributed by atoms with van der Waals surface area (Å²) in [6.07, 6.45) is 1.39. The highest BCUT2D eigenvalue weighted by Gasteiger charge is 2.23. The first-order valence-electron chi connectivity index (χ1n) is 5.26. The summed E-state index contributed by atoms with van der Waals surface area (Å²) in [7, 11) is -0.493. The Balaban J connectivity index is 2.27. The standard InChI is InChI=1S/C12H14NOP/c1-9-7-11-8-10-5-3-4-6-12(10)13(11)15(2)14-9/h3-6,8-9H,7H2,1-2H3. The van der Waals surface area contributed by atoms with E-state index in [1.807, 2.05) is 0 Å². The van der Waals surface area contributed by atoms with Gasteiger partial charge in [-0.2, -0.15) is 0 Å². The predicted molar refractivity (Wildman–Crippen MR) is 64.4 cm³/mol. The Kier molecular flexibility index (Phi) is 2.08. The molecule has 0 spiro atoms. The largest absolute Gasteiger partial charge is 0.335 e. The average Bonchev–Trinajstić information content (AvgIpc) is 2.54. The van der Waals surface area contributed by atoms with E-state index in [0.29, 0.717) is 6.10 Å². The Hall–Kier alpha value is -0.850. The lowest BCUT2D eigenvalue weighted by atomic mass is 10.2. The van der Waals surface area contributed by atoms with Gasteiger partial charge in [0.15, 0.2) is 0 Å². The van der Waals surface area contributed by atoms with Crippen molar-refractivity contribution in [2.75, 3.05) is 6.66 Å². The van der Waals surface area contributed by atoms with Crippen molar-refractivity contribution in [2.45, 2.75) is 19.4 Å². The van der Waals surface area contributed by atoms with Gasteiger partial charge in [0.2, 0.25) is 0 Å². The molecule has 0 bridgehead atoms. The number of fused-ring (bicyclic) bond motifs is 3. The third-order valence-corrected chi connectivity index (χ3v) is 4.57. The maximum Gasteiger partial charge on any atom is 0.133 e. The number of benzene rings is 1. The summed E-state index contributed by atoms with van der Waals surface area (Å²) >= 11 is 0. The van der Waals surface area contributed by atoms with Crippen LogP contribution in [0.3, 0.4) is 0 Å². The summed E-state index contributed by atoms with van der Waals surface area (Å²) in [5.74, 6) is 0. The van der Waals surface area contributed by atoms with Gasteiger partial charge in [-0.15, -0.1) is 0 Å². The summed E-state index contributed by atoms with van der Waals surface area (Å²) in [5, 5.41) is 1.33. The van der Waals surface area contributed by atoms with E-state index in [1.54, 1.807) is 0 Å². The molecule has 78 valence electrons. The van der Waals surface area contributed by atoms with Gasteiger partial charge >= 0.3 is 0 Å². The molecule has 1 aromatic carbocycles. The molecule has 0 saturated heterocycles. The van der Waals surface area contributed by atoms with Gasteiger partial charge in [-0.1, -0.05) is 18.2 Å². The van der Waals surface area contributed by atoms with E-state index in [9.17, 15) is 0 Å². The minimum absolute atomic E-state index is 0.359. The summed E-state index contributed by atoms with van der Waals surface area (Å²) in [6, 6.07) is 10.8. The fourth-order valence-corrected chi connectivity index (χ4v) is 3.99. The van der Waals surface area contributed by atoms with Gasteiger partial charge in [-0.3, -0.25) is 0 Å². The second-order valence-corrected chi connectivity index (χ2v) is 5.63. The Morgan fingerprint density at radius 3 is 3.07 bits per heavy atom. The zero-order chi connectivity index (χ0) is 10.4. The van der Waals surface area contributed by atoms with Crippen LogP contribution in [0.15, 0.2) is 30.3 Å². The van der Waals surface area contributed by atoms with Crippen LogP contribution in [0.1, 0.15) is 12.6 Å². The van der Waals surface area contributed by atoms with E-state index >= 15 is 0 Å². The molecule has 2 unspecified atom stereocenters. The molecule has 1 aromatic heterocycles. The van der Waals surface area contributed by atoms with Crippen LogP contribution < -0.4 is 0 Å². The summed E-state index contributed by atoms with van der Waals surface area (Å²) in [6.45, 7) is 4.33. The highest BCUT2D eigenvalue weighted by atomic mass is 31.2. The molecule has 0 saturated carbocycles. The Labute approximate surface area is 90.7 Å². The van der Waals surface area contributed by atoms with Crippen LogP contribution in [0.2, 0.25) is 0 Å². The van der Waals surface area contributed by atoms with Gasteiger partial charge in [0.05, 0.1) is 11.6 Å². The van der Waals surface area contributed by atoms with Gasteiger partial charge in [0, 0.05) is 17.5 Å². The lowest BCUT2D eigenvalue weighted by Gasteiger charge is -2.28. The van der Waals surface area contributed by atoms with Crippen molar-refractivity contribution in [3.63, 3.8) is 0 Å². The van der Waals surface area contributed by atoms with Crippen molar-refractivity contribution in [3.8, 4) is 0 Å². The smallest absolute Gasteiger partial charge is 0.133 e. The van der Waals surface area contributed by atoms with Gasteiger partial charge in [-0.05, 0) is 25.7 Å². The van der Waals surface area contributed by atoms with Crippen molar-refractivity contribution < 1.29 is 4.52 Å². The van der Waals surface area contributed by atoms with Gasteiger partial charge in [0.1, 0.15) is 8.30 Å². The first-order chi connectivity index (χ1) is 7.25. The molecule has 3 rings (SSSR count). The molecule has 0 amide bonds. The van der Waals surface area contributed by atoms with E-state index < -0.39 is 8.30 Å². The maximum atomic E-state index is 5.91. The third kappa shape index (κ3) is 1.40. The Bertz CT molecular complexity index is 505. The van der Waals surface area contributed by atoms with E-state index in [2.05, 4.69) is 48.3 Å². The van der Waals surface area contributed by atoms with E-state index in [1.165, 1.54) is 16.6 Å². The number of nitrogens with zero attached hydrogens (tertiary/aromatic N) is 1. The van der Waals surface area contributed by atoms with Crippen LogP contribution in [0.4, 0.5) is 0 Å². The lowest BCUT2D eigenvalue weighted by Crippen LogP contribution is -2.18. The Morgan fingerprint density at radius 2 is 2.20 bits per heavy atom. The van der Waals surface area contributed by atoms with Crippen LogP contribution in [0.5, 0.6) is 0 Å². The molecule has 0 N–H and O–H groups in total. The maximum absolute atomic E-state index is 5.91. The topological polar surface area (TPSA) is 14.2 Å². The number of para-hydroxylation sites is 1. The second kappa shape index (κ2) is 3.33. The molecular weight excluding hydrogens is 205 g/mol. The molecule has 0 fully saturated rings. The van der Waals surface area contributed by atoms with Crippen molar-refractivity contribution in [1.82, 2.24) is 4.34 Å². The van der Waals surface area contributed by atoms with Crippen molar-refractivity contribution >= 4 is 19.2 Å². The minimum Gasteiger partial charge on any atom is -0.335 e. The zero-order valence-electron chi connectivity index (χ0n) is 8.97. The molecule has 15 heavy (non-hydrogen) atoms. The lowest BCUT2D eigenvalue weighted by molar-refractivity contribution is 0.233. The molecule has 3 heteroatoms. The van der Waals surface area contributed by atoms with E-state index in [-0.39, 0.29) is 0 Å². The molecule has 2 heterocycles. The molecule has 2 atom stereocenters. The normalized spacial score (nSPS) is 25.5. The van der Waals surface area contributed by atoms with Crippen molar-refractivity contribution in [2.24, 2.45) is 0 Å². The zero-order valence-corrected chi connectivity index (χ0v) is 9.87. The quantitative estimate of drug-likeness (QED) is 0.619. The highest BCUT2D eigenvalue weighted by molar-refractivity contribution is 7.50. The first kappa shape index (κ1) is 9.38. The summed E-state index contributed by atoms with van der Waals surface area (Å²) < 4.78 is 8.27.